The number of carbonyl (C=O) groups is 1. The molecule has 6 heteroatoms. The van der Waals surface area contributed by atoms with E-state index in [4.69, 9.17) is 0 Å². The average Bonchev–Trinajstić information content (AvgIpc) is 3.11. The lowest BCUT2D eigenvalue weighted by Gasteiger charge is -2.31. The van der Waals surface area contributed by atoms with Crippen LogP contribution in [-0.4, -0.2) is 43.9 Å². The van der Waals surface area contributed by atoms with Gasteiger partial charge in [-0.25, -0.2) is 0 Å². The standard InChI is InChI=1S/C12H15N5O/c18-12(10-8-13-14-9-10)16-6-2-11(3-7-16)17-5-1-4-15-17/h1,4-5,8-9,11H,2-3,6-7H2,(H,13,14). The largest absolute Gasteiger partial charge is 0.338 e. The quantitative estimate of drug-likeness (QED) is 0.861. The van der Waals surface area contributed by atoms with Crippen LogP contribution in [0.15, 0.2) is 30.9 Å². The molecule has 2 aromatic rings. The Morgan fingerprint density at radius 1 is 1.39 bits per heavy atom. The van der Waals surface area contributed by atoms with Crippen LogP contribution >= 0.6 is 0 Å². The molecule has 18 heavy (non-hydrogen) atoms. The van der Waals surface area contributed by atoms with Gasteiger partial charge in [0.1, 0.15) is 0 Å². The highest BCUT2D eigenvalue weighted by Crippen LogP contribution is 2.22. The molecule has 0 spiro atoms. The zero-order chi connectivity index (χ0) is 12.4. The van der Waals surface area contributed by atoms with Crippen LogP contribution in [-0.2, 0) is 0 Å². The minimum atomic E-state index is 0.0580. The van der Waals surface area contributed by atoms with Crippen LogP contribution in [0.4, 0.5) is 0 Å². The van der Waals surface area contributed by atoms with E-state index >= 15 is 0 Å². The van der Waals surface area contributed by atoms with Crippen molar-refractivity contribution in [3.05, 3.63) is 36.4 Å². The second-order valence-corrected chi connectivity index (χ2v) is 4.50. The SMILES string of the molecule is O=C(c1cn[nH]c1)N1CCC(n2cccn2)CC1. The van der Waals surface area contributed by atoms with Crippen LogP contribution in [0, 0.1) is 0 Å². The number of amides is 1. The number of rotatable bonds is 2. The average molecular weight is 245 g/mol. The number of nitrogens with one attached hydrogen (secondary N) is 1. The van der Waals surface area contributed by atoms with Gasteiger partial charge in [0.25, 0.3) is 5.91 Å². The van der Waals surface area contributed by atoms with Gasteiger partial charge in [-0.15, -0.1) is 0 Å². The van der Waals surface area contributed by atoms with E-state index in [0.29, 0.717) is 11.6 Å². The molecule has 1 fully saturated rings. The van der Waals surface area contributed by atoms with Gasteiger partial charge in [-0.2, -0.15) is 10.2 Å². The summed E-state index contributed by atoms with van der Waals surface area (Å²) in [6.45, 7) is 1.54. The predicted molar refractivity (Wildman–Crippen MR) is 65.0 cm³/mol. The van der Waals surface area contributed by atoms with Gasteiger partial charge in [0.05, 0.1) is 17.8 Å². The van der Waals surface area contributed by atoms with Crippen molar-refractivity contribution in [2.45, 2.75) is 18.9 Å². The summed E-state index contributed by atoms with van der Waals surface area (Å²) in [5.41, 5.74) is 0.632. The second-order valence-electron chi connectivity index (χ2n) is 4.50. The van der Waals surface area contributed by atoms with Crippen molar-refractivity contribution in [2.24, 2.45) is 0 Å². The first-order valence-electron chi connectivity index (χ1n) is 6.12. The summed E-state index contributed by atoms with van der Waals surface area (Å²) < 4.78 is 1.99. The summed E-state index contributed by atoms with van der Waals surface area (Å²) in [6.07, 6.45) is 8.89. The second kappa shape index (κ2) is 4.64. The molecule has 1 amide bonds. The minimum absolute atomic E-state index is 0.0580. The van der Waals surface area contributed by atoms with Crippen molar-refractivity contribution < 1.29 is 4.79 Å². The summed E-state index contributed by atoms with van der Waals surface area (Å²) in [4.78, 5) is 14.0. The molecular formula is C12H15N5O. The summed E-state index contributed by atoms with van der Waals surface area (Å²) in [5.74, 6) is 0.0580. The minimum Gasteiger partial charge on any atom is -0.338 e. The Kier molecular flexibility index (Phi) is 2.84. The molecular weight excluding hydrogens is 230 g/mol. The zero-order valence-electron chi connectivity index (χ0n) is 9.99. The predicted octanol–water partition coefficient (Wildman–Crippen LogP) is 1.08. The van der Waals surface area contributed by atoms with E-state index in [9.17, 15) is 4.79 Å². The number of H-pyrrole nitrogens is 1. The lowest BCUT2D eigenvalue weighted by atomic mass is 10.0. The Labute approximate surface area is 105 Å². The van der Waals surface area contributed by atoms with Crippen LogP contribution < -0.4 is 0 Å². The maximum absolute atomic E-state index is 12.1. The number of aromatic amines is 1. The molecule has 1 N–H and O–H groups in total. The van der Waals surface area contributed by atoms with Crippen molar-refractivity contribution in [2.75, 3.05) is 13.1 Å². The van der Waals surface area contributed by atoms with Gasteiger partial charge in [0.2, 0.25) is 0 Å². The van der Waals surface area contributed by atoms with Crippen LogP contribution in [0.5, 0.6) is 0 Å². The van der Waals surface area contributed by atoms with Crippen molar-refractivity contribution in [3.63, 3.8) is 0 Å². The number of hydrogen-bond acceptors (Lipinski definition) is 3. The third-order valence-corrected chi connectivity index (χ3v) is 3.40. The van der Waals surface area contributed by atoms with Gasteiger partial charge in [0, 0.05) is 31.7 Å². The number of hydrogen-bond donors (Lipinski definition) is 1. The molecule has 0 aromatic carbocycles. The van der Waals surface area contributed by atoms with Crippen LogP contribution in [0.25, 0.3) is 0 Å². The topological polar surface area (TPSA) is 66.8 Å². The maximum atomic E-state index is 12.1. The summed E-state index contributed by atoms with van der Waals surface area (Å²) >= 11 is 0. The molecule has 2 aromatic heterocycles. The Morgan fingerprint density at radius 2 is 2.22 bits per heavy atom. The van der Waals surface area contributed by atoms with Crippen molar-refractivity contribution in [3.8, 4) is 0 Å². The number of likely N-dealkylation sites (tertiary alicyclic amines) is 1. The highest BCUT2D eigenvalue weighted by molar-refractivity contribution is 5.93. The normalized spacial score (nSPS) is 17.0. The Morgan fingerprint density at radius 3 is 2.83 bits per heavy atom. The molecule has 1 aliphatic heterocycles. The van der Waals surface area contributed by atoms with Gasteiger partial charge >= 0.3 is 0 Å². The molecule has 0 unspecified atom stereocenters. The van der Waals surface area contributed by atoms with Crippen molar-refractivity contribution in [1.29, 1.82) is 0 Å². The fraction of sp³-hybridized carbons (Fsp3) is 0.417. The van der Waals surface area contributed by atoms with E-state index in [1.807, 2.05) is 21.8 Å². The highest BCUT2D eigenvalue weighted by Gasteiger charge is 2.24. The molecule has 94 valence electrons. The summed E-state index contributed by atoms with van der Waals surface area (Å²) in [5, 5.41) is 10.7. The zero-order valence-corrected chi connectivity index (χ0v) is 9.99. The van der Waals surface area contributed by atoms with Gasteiger partial charge in [0.15, 0.2) is 0 Å². The van der Waals surface area contributed by atoms with Crippen molar-refractivity contribution in [1.82, 2.24) is 24.9 Å². The number of nitrogens with zero attached hydrogens (tertiary/aromatic N) is 4. The molecule has 3 rings (SSSR count). The number of carbonyl (C=O) groups excluding carboxylic acids is 1. The molecule has 0 saturated carbocycles. The Balaban J connectivity index is 1.62. The Hall–Kier alpha value is -2.11. The fourth-order valence-electron chi connectivity index (χ4n) is 2.38. The van der Waals surface area contributed by atoms with E-state index < -0.39 is 0 Å². The van der Waals surface area contributed by atoms with E-state index in [2.05, 4.69) is 15.3 Å². The monoisotopic (exact) mass is 245 g/mol. The van der Waals surface area contributed by atoms with E-state index in [-0.39, 0.29) is 5.91 Å². The molecule has 3 heterocycles. The van der Waals surface area contributed by atoms with E-state index in [1.54, 1.807) is 18.6 Å². The van der Waals surface area contributed by atoms with Gasteiger partial charge in [-0.1, -0.05) is 0 Å². The summed E-state index contributed by atoms with van der Waals surface area (Å²) in [7, 11) is 0. The van der Waals surface area contributed by atoms with Crippen LogP contribution in [0.3, 0.4) is 0 Å². The van der Waals surface area contributed by atoms with Gasteiger partial charge in [-0.3, -0.25) is 14.6 Å². The van der Waals surface area contributed by atoms with Gasteiger partial charge in [-0.05, 0) is 18.9 Å². The molecule has 0 atom stereocenters. The smallest absolute Gasteiger partial charge is 0.257 e. The number of aromatic nitrogens is 4. The van der Waals surface area contributed by atoms with E-state index in [1.165, 1.54) is 0 Å². The molecule has 0 bridgehead atoms. The molecule has 6 nitrogen and oxygen atoms in total. The molecule has 0 radical (unpaired) electrons. The lowest BCUT2D eigenvalue weighted by molar-refractivity contribution is 0.0690. The first-order valence-corrected chi connectivity index (χ1v) is 6.12. The van der Waals surface area contributed by atoms with Crippen LogP contribution in [0.2, 0.25) is 0 Å². The van der Waals surface area contributed by atoms with Crippen LogP contribution in [0.1, 0.15) is 29.2 Å². The first-order chi connectivity index (χ1) is 8.84. The molecule has 0 aliphatic carbocycles. The first kappa shape index (κ1) is 11.0. The fourth-order valence-corrected chi connectivity index (χ4v) is 2.38. The summed E-state index contributed by atoms with van der Waals surface area (Å²) in [6, 6.07) is 2.34. The van der Waals surface area contributed by atoms with Crippen molar-refractivity contribution >= 4 is 5.91 Å². The lowest BCUT2D eigenvalue weighted by Crippen LogP contribution is -2.39. The van der Waals surface area contributed by atoms with E-state index in [0.717, 1.165) is 25.9 Å². The molecule has 1 aliphatic rings. The third-order valence-electron chi connectivity index (χ3n) is 3.40. The van der Waals surface area contributed by atoms with Gasteiger partial charge < -0.3 is 4.90 Å². The maximum Gasteiger partial charge on any atom is 0.257 e. The third kappa shape index (κ3) is 2.01. The highest BCUT2D eigenvalue weighted by atomic mass is 16.2. The number of piperidine rings is 1. The molecule has 1 saturated heterocycles. The Bertz CT molecular complexity index is 497.